The van der Waals surface area contributed by atoms with Gasteiger partial charge in [0, 0.05) is 25.7 Å². The first-order valence-electron chi connectivity index (χ1n) is 7.58. The van der Waals surface area contributed by atoms with Gasteiger partial charge in [-0.05, 0) is 59.9 Å². The van der Waals surface area contributed by atoms with E-state index in [1.807, 2.05) is 6.07 Å². The molecule has 1 fully saturated rings. The molecule has 0 aromatic heterocycles. The van der Waals surface area contributed by atoms with Crippen LogP contribution in [0.5, 0.6) is 5.75 Å². The van der Waals surface area contributed by atoms with Gasteiger partial charge in [-0.15, -0.1) is 0 Å². The normalized spacial score (nSPS) is 21.2. The van der Waals surface area contributed by atoms with Crippen LogP contribution in [0.1, 0.15) is 31.4 Å². The lowest BCUT2D eigenvalue weighted by Gasteiger charge is -2.38. The fourth-order valence-corrected chi connectivity index (χ4v) is 3.57. The van der Waals surface area contributed by atoms with E-state index in [0.29, 0.717) is 12.6 Å². The fraction of sp³-hybridized carbons (Fsp3) is 0.625. The van der Waals surface area contributed by atoms with E-state index in [4.69, 9.17) is 15.2 Å². The number of rotatable bonds is 6. The zero-order chi connectivity index (χ0) is 15.2. The van der Waals surface area contributed by atoms with E-state index in [1.165, 1.54) is 12.0 Å². The molecule has 118 valence electrons. The molecular formula is C16H25BrN2O2. The molecule has 1 aliphatic rings. The van der Waals surface area contributed by atoms with Crippen molar-refractivity contribution in [2.24, 2.45) is 5.73 Å². The van der Waals surface area contributed by atoms with Gasteiger partial charge in [-0.1, -0.05) is 6.07 Å². The Labute approximate surface area is 135 Å². The average molecular weight is 357 g/mol. The largest absolute Gasteiger partial charge is 0.496 e. The minimum Gasteiger partial charge on any atom is -0.496 e. The Kier molecular flexibility index (Phi) is 6.48. The predicted octanol–water partition coefficient (Wildman–Crippen LogP) is 2.96. The number of likely N-dealkylation sites (tertiary alicyclic amines) is 1. The highest BCUT2D eigenvalue weighted by atomic mass is 79.9. The van der Waals surface area contributed by atoms with Crippen molar-refractivity contribution in [3.63, 3.8) is 0 Å². The summed E-state index contributed by atoms with van der Waals surface area (Å²) in [4.78, 5) is 2.44. The van der Waals surface area contributed by atoms with Crippen LogP contribution in [0.15, 0.2) is 22.7 Å². The van der Waals surface area contributed by atoms with Crippen LogP contribution >= 0.6 is 15.9 Å². The number of nitrogens with two attached hydrogens (primary N) is 1. The SMILES string of the molecule is CCOC1CCCN(C(CN)c2ccc(OC)c(Br)c2)C1. The number of halogens is 1. The van der Waals surface area contributed by atoms with Gasteiger partial charge in [-0.25, -0.2) is 0 Å². The Morgan fingerprint density at radius 3 is 2.90 bits per heavy atom. The molecule has 0 saturated carbocycles. The molecule has 2 unspecified atom stereocenters. The second-order valence-corrected chi connectivity index (χ2v) is 6.21. The van der Waals surface area contributed by atoms with Gasteiger partial charge in [0.1, 0.15) is 5.75 Å². The molecule has 0 spiro atoms. The number of nitrogens with zero attached hydrogens (tertiary/aromatic N) is 1. The third-order valence-electron chi connectivity index (χ3n) is 4.04. The smallest absolute Gasteiger partial charge is 0.133 e. The van der Waals surface area contributed by atoms with Crippen molar-refractivity contribution < 1.29 is 9.47 Å². The first-order valence-corrected chi connectivity index (χ1v) is 8.38. The maximum Gasteiger partial charge on any atom is 0.133 e. The van der Waals surface area contributed by atoms with Crippen molar-refractivity contribution in [3.05, 3.63) is 28.2 Å². The highest BCUT2D eigenvalue weighted by Crippen LogP contribution is 2.31. The molecule has 1 aromatic rings. The number of ether oxygens (including phenoxy) is 2. The number of hydrogen-bond donors (Lipinski definition) is 1. The van der Waals surface area contributed by atoms with Gasteiger partial charge < -0.3 is 15.2 Å². The maximum absolute atomic E-state index is 6.05. The number of benzene rings is 1. The van der Waals surface area contributed by atoms with Crippen molar-refractivity contribution in [2.45, 2.75) is 31.9 Å². The van der Waals surface area contributed by atoms with Crippen molar-refractivity contribution in [1.82, 2.24) is 4.90 Å². The van der Waals surface area contributed by atoms with Crippen LogP contribution in [-0.4, -0.2) is 44.4 Å². The maximum atomic E-state index is 6.05. The van der Waals surface area contributed by atoms with Crippen molar-refractivity contribution >= 4 is 15.9 Å². The van der Waals surface area contributed by atoms with Gasteiger partial charge in [-0.3, -0.25) is 4.90 Å². The van der Waals surface area contributed by atoms with Crippen molar-refractivity contribution in [2.75, 3.05) is 33.4 Å². The second-order valence-electron chi connectivity index (χ2n) is 5.36. The summed E-state index contributed by atoms with van der Waals surface area (Å²) in [5, 5.41) is 0. The quantitative estimate of drug-likeness (QED) is 0.851. The summed E-state index contributed by atoms with van der Waals surface area (Å²) in [6.45, 7) is 5.48. The lowest BCUT2D eigenvalue weighted by Crippen LogP contribution is -2.44. The highest BCUT2D eigenvalue weighted by Gasteiger charge is 2.26. The van der Waals surface area contributed by atoms with Crippen molar-refractivity contribution in [3.8, 4) is 5.75 Å². The molecular weight excluding hydrogens is 332 g/mol. The Morgan fingerprint density at radius 1 is 1.48 bits per heavy atom. The standard InChI is InChI=1S/C16H25BrN2O2/c1-3-21-13-5-4-8-19(11-13)15(10-18)12-6-7-16(20-2)14(17)9-12/h6-7,9,13,15H,3-5,8,10-11,18H2,1-2H3. The molecule has 0 amide bonds. The van der Waals surface area contributed by atoms with Gasteiger partial charge >= 0.3 is 0 Å². The highest BCUT2D eigenvalue weighted by molar-refractivity contribution is 9.10. The summed E-state index contributed by atoms with van der Waals surface area (Å²) in [6.07, 6.45) is 2.64. The van der Waals surface area contributed by atoms with Gasteiger partial charge in [0.05, 0.1) is 17.7 Å². The molecule has 0 radical (unpaired) electrons. The second kappa shape index (κ2) is 8.13. The van der Waals surface area contributed by atoms with Crippen LogP contribution in [0.25, 0.3) is 0 Å². The first kappa shape index (κ1) is 16.7. The Balaban J connectivity index is 2.13. The average Bonchev–Trinajstić information content (AvgIpc) is 2.49. The summed E-state index contributed by atoms with van der Waals surface area (Å²) in [5.74, 6) is 0.848. The van der Waals surface area contributed by atoms with Gasteiger partial charge in [0.2, 0.25) is 0 Å². The lowest BCUT2D eigenvalue weighted by atomic mass is 10.0. The van der Waals surface area contributed by atoms with Crippen LogP contribution < -0.4 is 10.5 Å². The van der Waals surface area contributed by atoms with Crippen LogP contribution in [0.4, 0.5) is 0 Å². The summed E-state index contributed by atoms with van der Waals surface area (Å²) >= 11 is 3.56. The monoisotopic (exact) mass is 356 g/mol. The first-order chi connectivity index (χ1) is 10.2. The van der Waals surface area contributed by atoms with Gasteiger partial charge in [0.15, 0.2) is 0 Å². The van der Waals surface area contributed by atoms with E-state index in [0.717, 1.165) is 36.3 Å². The zero-order valence-electron chi connectivity index (χ0n) is 12.8. The molecule has 2 atom stereocenters. The minimum absolute atomic E-state index is 0.232. The molecule has 2 N–H and O–H groups in total. The summed E-state index contributed by atoms with van der Waals surface area (Å²) in [6, 6.07) is 6.44. The van der Waals surface area contributed by atoms with E-state index >= 15 is 0 Å². The lowest BCUT2D eigenvalue weighted by molar-refractivity contribution is -0.00660. The Hall–Kier alpha value is -0.620. The number of piperidine rings is 1. The Bertz CT molecular complexity index is 454. The summed E-state index contributed by atoms with van der Waals surface area (Å²) in [7, 11) is 1.68. The van der Waals surface area contributed by atoms with E-state index in [-0.39, 0.29) is 6.04 Å². The molecule has 1 aliphatic heterocycles. The van der Waals surface area contributed by atoms with E-state index in [9.17, 15) is 0 Å². The predicted molar refractivity (Wildman–Crippen MR) is 88.7 cm³/mol. The van der Waals surface area contributed by atoms with Crippen LogP contribution in [0, 0.1) is 0 Å². The van der Waals surface area contributed by atoms with Gasteiger partial charge in [0.25, 0.3) is 0 Å². The van der Waals surface area contributed by atoms with Crippen molar-refractivity contribution in [1.29, 1.82) is 0 Å². The number of hydrogen-bond acceptors (Lipinski definition) is 4. The molecule has 0 aliphatic carbocycles. The zero-order valence-corrected chi connectivity index (χ0v) is 14.4. The molecule has 1 heterocycles. The fourth-order valence-electron chi connectivity index (χ4n) is 3.01. The molecule has 4 nitrogen and oxygen atoms in total. The Morgan fingerprint density at radius 2 is 2.29 bits per heavy atom. The van der Waals surface area contributed by atoms with E-state index in [2.05, 4.69) is 39.9 Å². The van der Waals surface area contributed by atoms with Crippen LogP contribution in [-0.2, 0) is 4.74 Å². The molecule has 2 rings (SSSR count). The van der Waals surface area contributed by atoms with E-state index < -0.39 is 0 Å². The number of methoxy groups -OCH3 is 1. The molecule has 1 aromatic carbocycles. The summed E-state index contributed by atoms with van der Waals surface area (Å²) in [5.41, 5.74) is 7.27. The molecule has 21 heavy (non-hydrogen) atoms. The molecule has 0 bridgehead atoms. The third kappa shape index (κ3) is 4.19. The van der Waals surface area contributed by atoms with Crippen LogP contribution in [0.2, 0.25) is 0 Å². The third-order valence-corrected chi connectivity index (χ3v) is 4.66. The molecule has 5 heteroatoms. The topological polar surface area (TPSA) is 47.7 Å². The van der Waals surface area contributed by atoms with Crippen LogP contribution in [0.3, 0.4) is 0 Å². The van der Waals surface area contributed by atoms with E-state index in [1.54, 1.807) is 7.11 Å². The summed E-state index contributed by atoms with van der Waals surface area (Å²) < 4.78 is 12.1. The minimum atomic E-state index is 0.232. The molecule has 1 saturated heterocycles. The van der Waals surface area contributed by atoms with Gasteiger partial charge in [-0.2, -0.15) is 0 Å².